The van der Waals surface area contributed by atoms with Crippen LogP contribution < -0.4 is 11.1 Å². The van der Waals surface area contributed by atoms with Crippen LogP contribution in [-0.4, -0.2) is 9.97 Å². The second-order valence-corrected chi connectivity index (χ2v) is 3.43. The number of anilines is 3. The number of rotatable bonds is 2. The van der Waals surface area contributed by atoms with Crippen LogP contribution >= 0.6 is 11.6 Å². The third kappa shape index (κ3) is 2.20. The highest BCUT2D eigenvalue weighted by Crippen LogP contribution is 2.24. The van der Waals surface area contributed by atoms with Crippen LogP contribution in [0.1, 0.15) is 0 Å². The summed E-state index contributed by atoms with van der Waals surface area (Å²) in [5.41, 5.74) is 5.64. The van der Waals surface area contributed by atoms with Gasteiger partial charge in [-0.15, -0.1) is 0 Å². The molecule has 0 aliphatic carbocycles. The van der Waals surface area contributed by atoms with E-state index < -0.39 is 5.82 Å². The summed E-state index contributed by atoms with van der Waals surface area (Å²) in [7, 11) is 0. The van der Waals surface area contributed by atoms with E-state index in [1.807, 2.05) is 0 Å². The molecule has 1 aromatic heterocycles. The molecule has 1 heterocycles. The highest BCUT2D eigenvalue weighted by atomic mass is 35.5. The van der Waals surface area contributed by atoms with Gasteiger partial charge in [-0.25, -0.2) is 9.37 Å². The Morgan fingerprint density at radius 1 is 1.31 bits per heavy atom. The molecule has 0 spiro atoms. The highest BCUT2D eigenvalue weighted by Gasteiger charge is 2.06. The Balaban J connectivity index is 2.31. The zero-order chi connectivity index (χ0) is 11.5. The summed E-state index contributed by atoms with van der Waals surface area (Å²) in [4.78, 5) is 7.61. The molecule has 0 amide bonds. The van der Waals surface area contributed by atoms with Crippen LogP contribution in [0.15, 0.2) is 30.5 Å². The first-order valence-corrected chi connectivity index (χ1v) is 4.84. The molecule has 4 nitrogen and oxygen atoms in total. The molecular formula is C10H8ClFN4. The Labute approximate surface area is 96.3 Å². The molecule has 0 radical (unpaired) electrons. The molecule has 2 rings (SSSR count). The average Bonchev–Trinajstić information content (AvgIpc) is 2.25. The van der Waals surface area contributed by atoms with Crippen molar-refractivity contribution in [3.05, 3.63) is 41.3 Å². The number of nitrogens with two attached hydrogens (primary N) is 1. The third-order valence-corrected chi connectivity index (χ3v) is 2.18. The fraction of sp³-hybridized carbons (Fsp3) is 0. The smallest absolute Gasteiger partial charge is 0.221 e. The van der Waals surface area contributed by atoms with Gasteiger partial charge < -0.3 is 11.1 Å². The van der Waals surface area contributed by atoms with Crippen molar-refractivity contribution in [2.24, 2.45) is 0 Å². The van der Waals surface area contributed by atoms with Crippen molar-refractivity contribution in [1.29, 1.82) is 0 Å². The van der Waals surface area contributed by atoms with Gasteiger partial charge in [-0.3, -0.25) is 0 Å². The quantitative estimate of drug-likeness (QED) is 0.844. The summed E-state index contributed by atoms with van der Waals surface area (Å²) in [5, 5.41) is 2.81. The van der Waals surface area contributed by atoms with E-state index in [1.165, 1.54) is 12.3 Å². The zero-order valence-electron chi connectivity index (χ0n) is 8.11. The van der Waals surface area contributed by atoms with Gasteiger partial charge in [0.15, 0.2) is 5.82 Å². The van der Waals surface area contributed by atoms with Gasteiger partial charge in [0.05, 0.1) is 10.7 Å². The van der Waals surface area contributed by atoms with Crippen molar-refractivity contribution in [2.75, 3.05) is 11.1 Å². The molecule has 3 N–H and O–H groups in total. The lowest BCUT2D eigenvalue weighted by Gasteiger charge is -2.07. The van der Waals surface area contributed by atoms with Crippen LogP contribution in [0.3, 0.4) is 0 Å². The fourth-order valence-electron chi connectivity index (χ4n) is 1.18. The molecule has 6 heteroatoms. The van der Waals surface area contributed by atoms with E-state index in [-0.39, 0.29) is 16.7 Å². The zero-order valence-corrected chi connectivity index (χ0v) is 8.87. The lowest BCUT2D eigenvalue weighted by Crippen LogP contribution is -2.00. The van der Waals surface area contributed by atoms with Crippen molar-refractivity contribution in [3.8, 4) is 0 Å². The van der Waals surface area contributed by atoms with Crippen molar-refractivity contribution in [1.82, 2.24) is 9.97 Å². The van der Waals surface area contributed by atoms with Crippen LogP contribution in [0, 0.1) is 5.82 Å². The molecule has 0 atom stereocenters. The summed E-state index contributed by atoms with van der Waals surface area (Å²) >= 11 is 5.64. The number of nitrogens with zero attached hydrogens (tertiary/aromatic N) is 2. The molecule has 0 aliphatic rings. The van der Waals surface area contributed by atoms with E-state index in [0.717, 1.165) is 0 Å². The molecule has 1 aromatic carbocycles. The first kappa shape index (κ1) is 10.6. The number of nitrogen functional groups attached to an aromatic ring is 1. The maximum Gasteiger partial charge on any atom is 0.221 e. The van der Waals surface area contributed by atoms with Crippen molar-refractivity contribution < 1.29 is 4.39 Å². The van der Waals surface area contributed by atoms with Gasteiger partial charge in [-0.1, -0.05) is 17.7 Å². The molecule has 0 unspecified atom stereocenters. The van der Waals surface area contributed by atoms with Crippen molar-refractivity contribution in [3.63, 3.8) is 0 Å². The van der Waals surface area contributed by atoms with E-state index in [0.29, 0.717) is 5.82 Å². The Hall–Kier alpha value is -1.88. The third-order valence-electron chi connectivity index (χ3n) is 1.89. The maximum atomic E-state index is 13.5. The van der Waals surface area contributed by atoms with E-state index in [2.05, 4.69) is 15.3 Å². The first-order valence-electron chi connectivity index (χ1n) is 4.46. The summed E-state index contributed by atoms with van der Waals surface area (Å²) in [6.45, 7) is 0. The van der Waals surface area contributed by atoms with Crippen LogP contribution in [-0.2, 0) is 0 Å². The van der Waals surface area contributed by atoms with Crippen LogP contribution in [0.25, 0.3) is 0 Å². The Bertz CT molecular complexity index is 518. The second kappa shape index (κ2) is 4.32. The standard InChI is InChI=1S/C10H8ClFN4/c11-6-2-1-3-7(9(6)12)15-8-4-5-14-10(13)16-8/h1-5H,(H3,13,14,15,16). The molecule has 0 saturated heterocycles. The molecular weight excluding hydrogens is 231 g/mol. The molecule has 0 bridgehead atoms. The Kier molecular flexibility index (Phi) is 2.87. The number of aromatic nitrogens is 2. The largest absolute Gasteiger partial charge is 0.368 e. The normalized spacial score (nSPS) is 10.1. The van der Waals surface area contributed by atoms with Gasteiger partial charge in [-0.05, 0) is 18.2 Å². The van der Waals surface area contributed by atoms with E-state index in [4.69, 9.17) is 17.3 Å². The summed E-state index contributed by atoms with van der Waals surface area (Å²) in [5.74, 6) is 0.00227. The van der Waals surface area contributed by atoms with E-state index in [1.54, 1.807) is 18.2 Å². The van der Waals surface area contributed by atoms with E-state index in [9.17, 15) is 4.39 Å². The minimum atomic E-state index is -0.527. The SMILES string of the molecule is Nc1nccc(Nc2cccc(Cl)c2F)n1. The maximum absolute atomic E-state index is 13.5. The molecule has 82 valence electrons. The topological polar surface area (TPSA) is 63.8 Å². The Morgan fingerprint density at radius 3 is 2.88 bits per heavy atom. The Morgan fingerprint density at radius 2 is 2.12 bits per heavy atom. The van der Waals surface area contributed by atoms with Gasteiger partial charge >= 0.3 is 0 Å². The van der Waals surface area contributed by atoms with E-state index >= 15 is 0 Å². The van der Waals surface area contributed by atoms with Crippen molar-refractivity contribution >= 4 is 29.1 Å². The predicted molar refractivity (Wildman–Crippen MR) is 61.1 cm³/mol. The summed E-state index contributed by atoms with van der Waals surface area (Å²) in [6, 6.07) is 6.24. The van der Waals surface area contributed by atoms with Gasteiger partial charge in [0.1, 0.15) is 5.82 Å². The number of hydrogen-bond acceptors (Lipinski definition) is 4. The summed E-state index contributed by atoms with van der Waals surface area (Å²) in [6.07, 6.45) is 1.48. The first-order chi connectivity index (χ1) is 7.66. The minimum absolute atomic E-state index is 0.0482. The van der Waals surface area contributed by atoms with Gasteiger partial charge in [0, 0.05) is 6.20 Å². The number of nitrogens with one attached hydrogen (secondary N) is 1. The number of hydrogen-bond donors (Lipinski definition) is 2. The van der Waals surface area contributed by atoms with Crippen LogP contribution in [0.2, 0.25) is 5.02 Å². The molecule has 16 heavy (non-hydrogen) atoms. The predicted octanol–water partition coefficient (Wildman–Crippen LogP) is 2.59. The van der Waals surface area contributed by atoms with Crippen LogP contribution in [0.5, 0.6) is 0 Å². The molecule has 0 aliphatic heterocycles. The van der Waals surface area contributed by atoms with Gasteiger partial charge in [0.2, 0.25) is 5.95 Å². The molecule has 0 saturated carbocycles. The van der Waals surface area contributed by atoms with Gasteiger partial charge in [0.25, 0.3) is 0 Å². The number of halogens is 2. The number of benzene rings is 1. The highest BCUT2D eigenvalue weighted by molar-refractivity contribution is 6.31. The van der Waals surface area contributed by atoms with Crippen LogP contribution in [0.4, 0.5) is 21.8 Å². The summed E-state index contributed by atoms with van der Waals surface area (Å²) < 4.78 is 13.5. The fourth-order valence-corrected chi connectivity index (χ4v) is 1.36. The average molecular weight is 239 g/mol. The lowest BCUT2D eigenvalue weighted by atomic mass is 10.3. The monoisotopic (exact) mass is 238 g/mol. The molecule has 2 aromatic rings. The van der Waals surface area contributed by atoms with Gasteiger partial charge in [-0.2, -0.15) is 4.98 Å². The molecule has 0 fully saturated rings. The minimum Gasteiger partial charge on any atom is -0.368 e. The van der Waals surface area contributed by atoms with Crippen molar-refractivity contribution in [2.45, 2.75) is 0 Å². The second-order valence-electron chi connectivity index (χ2n) is 3.03. The lowest BCUT2D eigenvalue weighted by molar-refractivity contribution is 0.632.